The molecule has 4 nitrogen and oxygen atoms in total. The van der Waals surface area contributed by atoms with Crippen molar-refractivity contribution in [3.05, 3.63) is 34.1 Å². The van der Waals surface area contributed by atoms with Crippen LogP contribution in [-0.4, -0.2) is 37.0 Å². The van der Waals surface area contributed by atoms with Crippen molar-refractivity contribution in [3.8, 4) is 0 Å². The van der Waals surface area contributed by atoms with Gasteiger partial charge in [-0.25, -0.2) is 4.39 Å². The summed E-state index contributed by atoms with van der Waals surface area (Å²) in [6.45, 7) is 2.26. The normalized spacial score (nSPS) is 10.1. The Morgan fingerprint density at radius 3 is 2.63 bits per heavy atom. The monoisotopic (exact) mass is 331 g/mol. The molecule has 1 aromatic carbocycles. The maximum absolute atomic E-state index is 13.2. The van der Waals surface area contributed by atoms with Crippen LogP contribution in [-0.2, 0) is 9.53 Å². The van der Waals surface area contributed by atoms with E-state index in [2.05, 4.69) is 15.9 Å². The molecule has 0 aliphatic rings. The van der Waals surface area contributed by atoms with E-state index in [1.54, 1.807) is 14.0 Å². The number of hydrogen-bond acceptors (Lipinski definition) is 3. The van der Waals surface area contributed by atoms with Crippen molar-refractivity contribution >= 4 is 27.8 Å². The summed E-state index contributed by atoms with van der Waals surface area (Å²) in [5.41, 5.74) is 0.234. The highest BCUT2D eigenvalue weighted by Gasteiger charge is 2.14. The molecular formula is C13H15BrFNO3. The Morgan fingerprint density at radius 2 is 2.05 bits per heavy atom. The molecule has 1 rings (SSSR count). The molecule has 0 heterocycles. The van der Waals surface area contributed by atoms with Gasteiger partial charge in [0.1, 0.15) is 5.82 Å². The minimum atomic E-state index is -0.489. The number of amides is 1. The van der Waals surface area contributed by atoms with Gasteiger partial charge in [0, 0.05) is 23.6 Å². The molecule has 0 unspecified atom stereocenters. The summed E-state index contributed by atoms with van der Waals surface area (Å²) in [5.74, 6) is -1.19. The van der Waals surface area contributed by atoms with Crippen LogP contribution in [0.5, 0.6) is 0 Å². The highest BCUT2D eigenvalue weighted by molar-refractivity contribution is 9.10. The van der Waals surface area contributed by atoms with Gasteiger partial charge in [-0.15, -0.1) is 0 Å². The van der Waals surface area contributed by atoms with E-state index in [9.17, 15) is 14.0 Å². The van der Waals surface area contributed by atoms with Gasteiger partial charge < -0.3 is 9.64 Å². The first-order valence-corrected chi connectivity index (χ1v) is 6.60. The summed E-state index contributed by atoms with van der Waals surface area (Å²) in [6.07, 6.45) is 0.118. The minimum Gasteiger partial charge on any atom is -0.466 e. The molecule has 0 radical (unpaired) electrons. The lowest BCUT2D eigenvalue weighted by Gasteiger charge is -2.16. The van der Waals surface area contributed by atoms with E-state index in [4.69, 9.17) is 4.74 Å². The quantitative estimate of drug-likeness (QED) is 0.779. The maximum Gasteiger partial charge on any atom is 0.307 e. The summed E-state index contributed by atoms with van der Waals surface area (Å²) < 4.78 is 18.5. The van der Waals surface area contributed by atoms with Crippen LogP contribution in [0.25, 0.3) is 0 Å². The first kappa shape index (κ1) is 15.6. The third-order valence-electron chi connectivity index (χ3n) is 2.41. The van der Waals surface area contributed by atoms with Gasteiger partial charge in [-0.05, 0) is 25.1 Å². The van der Waals surface area contributed by atoms with Crippen LogP contribution >= 0.6 is 15.9 Å². The number of benzene rings is 1. The molecule has 6 heteroatoms. The summed E-state index contributed by atoms with van der Waals surface area (Å²) in [6, 6.07) is 3.97. The van der Waals surface area contributed by atoms with Crippen LogP contribution in [0.2, 0.25) is 0 Å². The number of esters is 1. The SMILES string of the molecule is CCOC(=O)CCN(C)C(=O)c1cc(F)cc(Br)c1. The predicted octanol–water partition coefficient (Wildman–Crippen LogP) is 2.61. The zero-order valence-electron chi connectivity index (χ0n) is 10.8. The smallest absolute Gasteiger partial charge is 0.307 e. The van der Waals surface area contributed by atoms with Crippen LogP contribution in [0.15, 0.2) is 22.7 Å². The van der Waals surface area contributed by atoms with Gasteiger partial charge in [-0.1, -0.05) is 15.9 Å². The van der Waals surface area contributed by atoms with Gasteiger partial charge in [0.05, 0.1) is 13.0 Å². The van der Waals surface area contributed by atoms with Crippen molar-refractivity contribution in [2.24, 2.45) is 0 Å². The first-order valence-electron chi connectivity index (χ1n) is 5.81. The summed E-state index contributed by atoms with van der Waals surface area (Å²) in [5, 5.41) is 0. The van der Waals surface area contributed by atoms with E-state index in [0.717, 1.165) is 6.07 Å². The van der Waals surface area contributed by atoms with Gasteiger partial charge in [0.15, 0.2) is 0 Å². The number of carbonyl (C=O) groups excluding carboxylic acids is 2. The van der Waals surface area contributed by atoms with Crippen molar-refractivity contribution in [3.63, 3.8) is 0 Å². The maximum atomic E-state index is 13.2. The highest BCUT2D eigenvalue weighted by atomic mass is 79.9. The Morgan fingerprint density at radius 1 is 1.37 bits per heavy atom. The molecule has 0 aliphatic carbocycles. The number of nitrogens with zero attached hydrogens (tertiary/aromatic N) is 1. The second-order valence-electron chi connectivity index (χ2n) is 3.94. The minimum absolute atomic E-state index is 0.118. The Labute approximate surface area is 119 Å². The predicted molar refractivity (Wildman–Crippen MR) is 72.3 cm³/mol. The van der Waals surface area contributed by atoms with Gasteiger partial charge in [0.25, 0.3) is 5.91 Å². The van der Waals surface area contributed by atoms with Crippen LogP contribution in [0.4, 0.5) is 4.39 Å². The Kier molecular flexibility index (Phi) is 5.95. The average Bonchev–Trinajstić information content (AvgIpc) is 2.34. The lowest BCUT2D eigenvalue weighted by atomic mass is 10.2. The van der Waals surface area contributed by atoms with E-state index < -0.39 is 5.82 Å². The molecule has 0 aromatic heterocycles. The van der Waals surface area contributed by atoms with Gasteiger partial charge in [0.2, 0.25) is 0 Å². The fourth-order valence-electron chi connectivity index (χ4n) is 1.49. The molecule has 0 saturated carbocycles. The zero-order valence-corrected chi connectivity index (χ0v) is 12.4. The molecule has 0 fully saturated rings. The van der Waals surface area contributed by atoms with E-state index in [0.29, 0.717) is 11.1 Å². The largest absolute Gasteiger partial charge is 0.466 e. The van der Waals surface area contributed by atoms with Crippen LogP contribution in [0.3, 0.4) is 0 Å². The van der Waals surface area contributed by atoms with E-state index in [1.807, 2.05) is 0 Å². The second kappa shape index (κ2) is 7.23. The standard InChI is InChI=1S/C13H15BrFNO3/c1-3-19-12(17)4-5-16(2)13(18)9-6-10(14)8-11(15)7-9/h6-8H,3-5H2,1-2H3. The third-order valence-corrected chi connectivity index (χ3v) is 2.87. The summed E-state index contributed by atoms with van der Waals surface area (Å²) in [7, 11) is 1.56. The van der Waals surface area contributed by atoms with Crippen molar-refractivity contribution in [2.45, 2.75) is 13.3 Å². The topological polar surface area (TPSA) is 46.6 Å². The van der Waals surface area contributed by atoms with Gasteiger partial charge in [-0.3, -0.25) is 9.59 Å². The summed E-state index contributed by atoms with van der Waals surface area (Å²) in [4.78, 5) is 24.6. The molecule has 104 valence electrons. The molecule has 0 N–H and O–H groups in total. The van der Waals surface area contributed by atoms with Crippen LogP contribution in [0.1, 0.15) is 23.7 Å². The molecular weight excluding hydrogens is 317 g/mol. The van der Waals surface area contributed by atoms with Crippen LogP contribution in [0, 0.1) is 5.82 Å². The van der Waals surface area contributed by atoms with Gasteiger partial charge >= 0.3 is 5.97 Å². The Bertz CT molecular complexity index is 459. The van der Waals surface area contributed by atoms with Crippen molar-refractivity contribution in [2.75, 3.05) is 20.2 Å². The van der Waals surface area contributed by atoms with E-state index >= 15 is 0 Å². The Balaban J connectivity index is 2.63. The lowest BCUT2D eigenvalue weighted by Crippen LogP contribution is -2.29. The van der Waals surface area contributed by atoms with Gasteiger partial charge in [-0.2, -0.15) is 0 Å². The number of rotatable bonds is 5. The Hall–Kier alpha value is -1.43. The molecule has 19 heavy (non-hydrogen) atoms. The average molecular weight is 332 g/mol. The molecule has 0 atom stereocenters. The van der Waals surface area contributed by atoms with Crippen LogP contribution < -0.4 is 0 Å². The fourth-order valence-corrected chi connectivity index (χ4v) is 1.96. The van der Waals surface area contributed by atoms with Crippen molar-refractivity contribution < 1.29 is 18.7 Å². The fraction of sp³-hybridized carbons (Fsp3) is 0.385. The lowest BCUT2D eigenvalue weighted by molar-refractivity contribution is -0.143. The number of ether oxygens (including phenoxy) is 1. The zero-order chi connectivity index (χ0) is 14.4. The number of carbonyl (C=O) groups is 2. The number of hydrogen-bond donors (Lipinski definition) is 0. The highest BCUT2D eigenvalue weighted by Crippen LogP contribution is 2.16. The molecule has 1 aromatic rings. The molecule has 0 aliphatic heterocycles. The van der Waals surface area contributed by atoms with Crippen molar-refractivity contribution in [1.29, 1.82) is 0 Å². The molecule has 1 amide bonds. The third kappa shape index (κ3) is 4.98. The first-order chi connectivity index (χ1) is 8.93. The molecule has 0 bridgehead atoms. The summed E-state index contributed by atoms with van der Waals surface area (Å²) >= 11 is 3.13. The van der Waals surface area contributed by atoms with E-state index in [-0.39, 0.29) is 30.4 Å². The number of halogens is 2. The van der Waals surface area contributed by atoms with E-state index in [1.165, 1.54) is 17.0 Å². The molecule has 0 saturated heterocycles. The molecule has 0 spiro atoms. The second-order valence-corrected chi connectivity index (χ2v) is 4.86. The van der Waals surface area contributed by atoms with Crippen molar-refractivity contribution in [1.82, 2.24) is 4.90 Å².